The van der Waals surface area contributed by atoms with Crippen molar-refractivity contribution in [1.29, 1.82) is 0 Å². The van der Waals surface area contributed by atoms with Gasteiger partial charge >= 0.3 is 5.97 Å². The van der Waals surface area contributed by atoms with Gasteiger partial charge in [0.25, 0.3) is 0 Å². The standard InChI is InChI=1S/C16H23NO2/c1-3-19-16(18)12(2)11-17-15-10-6-8-13-7-4-5-9-14(13)15/h6,8,10,12,17H,3-5,7,9,11H2,1-2H3. The molecule has 0 aliphatic heterocycles. The molecule has 1 aliphatic carbocycles. The molecule has 0 heterocycles. The molecule has 19 heavy (non-hydrogen) atoms. The zero-order valence-electron chi connectivity index (χ0n) is 11.9. The molecule has 0 aromatic heterocycles. The molecular formula is C16H23NO2. The van der Waals surface area contributed by atoms with Gasteiger partial charge in [0.05, 0.1) is 12.5 Å². The van der Waals surface area contributed by atoms with Gasteiger partial charge in [0.15, 0.2) is 0 Å². The van der Waals surface area contributed by atoms with Crippen LogP contribution in [-0.4, -0.2) is 19.1 Å². The van der Waals surface area contributed by atoms with Crippen LogP contribution in [-0.2, 0) is 22.4 Å². The first-order valence-electron chi connectivity index (χ1n) is 7.23. The first-order valence-corrected chi connectivity index (χ1v) is 7.23. The minimum Gasteiger partial charge on any atom is -0.466 e. The number of rotatable bonds is 5. The fourth-order valence-corrected chi connectivity index (χ4v) is 2.58. The van der Waals surface area contributed by atoms with E-state index in [1.807, 2.05) is 13.8 Å². The Bertz CT molecular complexity index is 442. The second-order valence-electron chi connectivity index (χ2n) is 5.18. The maximum Gasteiger partial charge on any atom is 0.310 e. The van der Waals surface area contributed by atoms with Gasteiger partial charge in [-0.3, -0.25) is 4.79 Å². The molecule has 1 aromatic carbocycles. The Kier molecular flexibility index (Phi) is 4.83. The average Bonchev–Trinajstić information content (AvgIpc) is 2.45. The minimum atomic E-state index is -0.125. The Morgan fingerprint density at radius 1 is 1.37 bits per heavy atom. The molecule has 3 heteroatoms. The van der Waals surface area contributed by atoms with Crippen LogP contribution in [0.15, 0.2) is 18.2 Å². The SMILES string of the molecule is CCOC(=O)C(C)CNc1cccc2c1CCCC2. The second kappa shape index (κ2) is 6.60. The highest BCUT2D eigenvalue weighted by atomic mass is 16.5. The highest BCUT2D eigenvalue weighted by molar-refractivity contribution is 5.73. The van der Waals surface area contributed by atoms with Crippen LogP contribution < -0.4 is 5.32 Å². The quantitative estimate of drug-likeness (QED) is 0.827. The third-order valence-corrected chi connectivity index (χ3v) is 3.68. The number of aryl methyl sites for hydroxylation is 1. The number of nitrogens with one attached hydrogen (secondary N) is 1. The number of carbonyl (C=O) groups excluding carboxylic acids is 1. The van der Waals surface area contributed by atoms with Crippen LogP contribution in [0, 0.1) is 5.92 Å². The molecule has 1 atom stereocenters. The molecule has 1 N–H and O–H groups in total. The number of hydrogen-bond acceptors (Lipinski definition) is 3. The van der Waals surface area contributed by atoms with Crippen LogP contribution in [0.3, 0.4) is 0 Å². The van der Waals surface area contributed by atoms with Crippen LogP contribution in [0.5, 0.6) is 0 Å². The zero-order valence-corrected chi connectivity index (χ0v) is 11.9. The van der Waals surface area contributed by atoms with E-state index in [1.54, 1.807) is 0 Å². The predicted octanol–water partition coefficient (Wildman–Crippen LogP) is 3.18. The van der Waals surface area contributed by atoms with E-state index in [4.69, 9.17) is 4.74 Å². The van der Waals surface area contributed by atoms with Gasteiger partial charge < -0.3 is 10.1 Å². The summed E-state index contributed by atoms with van der Waals surface area (Å²) >= 11 is 0. The molecule has 0 bridgehead atoms. The fraction of sp³-hybridized carbons (Fsp3) is 0.562. The number of ether oxygens (including phenoxy) is 1. The summed E-state index contributed by atoms with van der Waals surface area (Å²) in [7, 11) is 0. The molecule has 0 radical (unpaired) electrons. The minimum absolute atomic E-state index is 0.112. The number of anilines is 1. The van der Waals surface area contributed by atoms with Crippen molar-refractivity contribution in [2.24, 2.45) is 5.92 Å². The molecule has 0 saturated heterocycles. The summed E-state index contributed by atoms with van der Waals surface area (Å²) in [6.07, 6.45) is 4.87. The Labute approximate surface area is 115 Å². The summed E-state index contributed by atoms with van der Waals surface area (Å²) < 4.78 is 5.03. The van der Waals surface area contributed by atoms with Crippen LogP contribution in [0.1, 0.15) is 37.8 Å². The van der Waals surface area contributed by atoms with E-state index in [1.165, 1.54) is 36.1 Å². The lowest BCUT2D eigenvalue weighted by Gasteiger charge is -2.21. The number of benzene rings is 1. The Hall–Kier alpha value is -1.51. The third-order valence-electron chi connectivity index (χ3n) is 3.68. The first-order chi connectivity index (χ1) is 9.22. The largest absolute Gasteiger partial charge is 0.466 e. The van der Waals surface area contributed by atoms with E-state index in [-0.39, 0.29) is 11.9 Å². The fourth-order valence-electron chi connectivity index (χ4n) is 2.58. The summed E-state index contributed by atoms with van der Waals surface area (Å²) in [5, 5.41) is 3.41. The number of hydrogen-bond donors (Lipinski definition) is 1. The summed E-state index contributed by atoms with van der Waals surface area (Å²) in [5.74, 6) is -0.237. The van der Waals surface area contributed by atoms with Crippen molar-refractivity contribution in [3.8, 4) is 0 Å². The molecule has 104 valence electrons. The Morgan fingerprint density at radius 2 is 2.16 bits per heavy atom. The summed E-state index contributed by atoms with van der Waals surface area (Å²) in [5.41, 5.74) is 4.08. The normalized spacial score (nSPS) is 15.5. The molecule has 1 aromatic rings. The molecule has 0 fully saturated rings. The van der Waals surface area contributed by atoms with Crippen LogP contribution >= 0.6 is 0 Å². The lowest BCUT2D eigenvalue weighted by Crippen LogP contribution is -2.23. The van der Waals surface area contributed by atoms with E-state index in [9.17, 15) is 4.79 Å². The van der Waals surface area contributed by atoms with E-state index in [0.717, 1.165) is 6.42 Å². The Balaban J connectivity index is 1.98. The topological polar surface area (TPSA) is 38.3 Å². The number of esters is 1. The van der Waals surface area contributed by atoms with Crippen molar-refractivity contribution >= 4 is 11.7 Å². The van der Waals surface area contributed by atoms with E-state index >= 15 is 0 Å². The number of fused-ring (bicyclic) bond motifs is 1. The molecule has 1 aliphatic rings. The van der Waals surface area contributed by atoms with E-state index < -0.39 is 0 Å². The van der Waals surface area contributed by atoms with Gasteiger partial charge in [0.2, 0.25) is 0 Å². The summed E-state index contributed by atoms with van der Waals surface area (Å²) in [4.78, 5) is 11.6. The molecular weight excluding hydrogens is 238 g/mol. The van der Waals surface area contributed by atoms with Gasteiger partial charge in [0.1, 0.15) is 0 Å². The first kappa shape index (κ1) is 13.9. The molecule has 0 spiro atoms. The summed E-state index contributed by atoms with van der Waals surface area (Å²) in [6.45, 7) is 4.82. The van der Waals surface area contributed by atoms with Crippen molar-refractivity contribution in [3.05, 3.63) is 29.3 Å². The van der Waals surface area contributed by atoms with Crippen molar-refractivity contribution in [1.82, 2.24) is 0 Å². The smallest absolute Gasteiger partial charge is 0.310 e. The monoisotopic (exact) mass is 261 g/mol. The molecule has 2 rings (SSSR count). The van der Waals surface area contributed by atoms with Gasteiger partial charge in [-0.1, -0.05) is 19.1 Å². The average molecular weight is 261 g/mol. The maximum absolute atomic E-state index is 11.6. The summed E-state index contributed by atoms with van der Waals surface area (Å²) in [6, 6.07) is 6.43. The van der Waals surface area contributed by atoms with E-state index in [2.05, 4.69) is 23.5 Å². The lowest BCUT2D eigenvalue weighted by molar-refractivity contribution is -0.146. The van der Waals surface area contributed by atoms with Crippen LogP contribution in [0.2, 0.25) is 0 Å². The zero-order chi connectivity index (χ0) is 13.7. The van der Waals surface area contributed by atoms with Crippen LogP contribution in [0.25, 0.3) is 0 Å². The van der Waals surface area contributed by atoms with Gasteiger partial charge in [-0.2, -0.15) is 0 Å². The van der Waals surface area contributed by atoms with Crippen molar-refractivity contribution in [2.45, 2.75) is 39.5 Å². The Morgan fingerprint density at radius 3 is 2.95 bits per heavy atom. The molecule has 1 unspecified atom stereocenters. The highest BCUT2D eigenvalue weighted by Gasteiger charge is 2.16. The van der Waals surface area contributed by atoms with Gasteiger partial charge in [-0.25, -0.2) is 0 Å². The van der Waals surface area contributed by atoms with Crippen molar-refractivity contribution in [2.75, 3.05) is 18.5 Å². The number of carbonyl (C=O) groups is 1. The van der Waals surface area contributed by atoms with E-state index in [0.29, 0.717) is 13.2 Å². The second-order valence-corrected chi connectivity index (χ2v) is 5.18. The highest BCUT2D eigenvalue weighted by Crippen LogP contribution is 2.27. The van der Waals surface area contributed by atoms with Crippen LogP contribution in [0.4, 0.5) is 5.69 Å². The molecule has 3 nitrogen and oxygen atoms in total. The van der Waals surface area contributed by atoms with Gasteiger partial charge in [0, 0.05) is 12.2 Å². The molecule has 0 saturated carbocycles. The lowest BCUT2D eigenvalue weighted by atomic mass is 9.90. The van der Waals surface area contributed by atoms with Gasteiger partial charge in [-0.05, 0) is 49.8 Å². The maximum atomic E-state index is 11.6. The third kappa shape index (κ3) is 3.49. The predicted molar refractivity (Wildman–Crippen MR) is 77.4 cm³/mol. The van der Waals surface area contributed by atoms with Gasteiger partial charge in [-0.15, -0.1) is 0 Å². The van der Waals surface area contributed by atoms with Crippen molar-refractivity contribution in [3.63, 3.8) is 0 Å². The van der Waals surface area contributed by atoms with Crippen molar-refractivity contribution < 1.29 is 9.53 Å². The molecule has 0 amide bonds.